The minimum atomic E-state index is 1.06. The van der Waals surface area contributed by atoms with Crippen molar-refractivity contribution in [2.45, 2.75) is 40.2 Å². The normalized spacial score (nSPS) is 17.2. The Morgan fingerprint density at radius 1 is 1.04 bits per heavy atom. The molecule has 0 N–H and O–H groups in total. The molecule has 1 aromatic heterocycles. The van der Waals surface area contributed by atoms with Gasteiger partial charge in [0.15, 0.2) is 0 Å². The van der Waals surface area contributed by atoms with Gasteiger partial charge in [0.25, 0.3) is 0 Å². The van der Waals surface area contributed by atoms with Crippen LogP contribution in [0.2, 0.25) is 0 Å². The maximum atomic E-state index is 2.62. The third-order valence-electron chi connectivity index (χ3n) is 5.42. The summed E-state index contributed by atoms with van der Waals surface area (Å²) in [4.78, 5) is 5.05. The number of piperazine rings is 1. The van der Waals surface area contributed by atoms with Crippen molar-refractivity contribution in [2.75, 3.05) is 39.8 Å². The van der Waals surface area contributed by atoms with Gasteiger partial charge in [0, 0.05) is 49.3 Å². The number of hydrogen-bond donors (Lipinski definition) is 0. The fourth-order valence-electron chi connectivity index (χ4n) is 3.93. The van der Waals surface area contributed by atoms with Crippen LogP contribution in [-0.2, 0) is 13.0 Å². The van der Waals surface area contributed by atoms with Gasteiger partial charge >= 0.3 is 0 Å². The molecule has 0 atom stereocenters. The summed E-state index contributed by atoms with van der Waals surface area (Å²) in [7, 11) is 2.22. The number of hydrogen-bond acceptors (Lipinski definition) is 2. The summed E-state index contributed by atoms with van der Waals surface area (Å²) in [6.45, 7) is 13.9. The smallest absolute Gasteiger partial charge is 0.0487 e. The molecule has 1 fully saturated rings. The summed E-state index contributed by atoms with van der Waals surface area (Å²) in [5.74, 6) is 0. The fourth-order valence-corrected chi connectivity index (χ4v) is 3.93. The Labute approximate surface area is 140 Å². The molecule has 3 rings (SSSR count). The number of rotatable bonds is 5. The highest BCUT2D eigenvalue weighted by Gasteiger charge is 2.15. The largest absolute Gasteiger partial charge is 0.345 e. The molecule has 0 saturated carbocycles. The van der Waals surface area contributed by atoms with E-state index in [2.05, 4.69) is 60.4 Å². The Morgan fingerprint density at radius 3 is 2.48 bits per heavy atom. The Balaban J connectivity index is 1.71. The lowest BCUT2D eigenvalue weighted by molar-refractivity contribution is 0.153. The second-order valence-corrected chi connectivity index (χ2v) is 7.08. The minimum Gasteiger partial charge on any atom is -0.345 e. The molecule has 0 aliphatic carbocycles. The van der Waals surface area contributed by atoms with Crippen LogP contribution in [0.15, 0.2) is 18.2 Å². The van der Waals surface area contributed by atoms with Crippen molar-refractivity contribution in [1.82, 2.24) is 14.4 Å². The predicted octanol–water partition coefficient (Wildman–Crippen LogP) is 3.46. The summed E-state index contributed by atoms with van der Waals surface area (Å²) < 4.78 is 2.48. The van der Waals surface area contributed by atoms with Gasteiger partial charge in [-0.3, -0.25) is 0 Å². The highest BCUT2D eigenvalue weighted by molar-refractivity contribution is 5.86. The van der Waals surface area contributed by atoms with Gasteiger partial charge < -0.3 is 14.4 Å². The lowest BCUT2D eigenvalue weighted by Crippen LogP contribution is -2.44. The molecule has 1 aromatic carbocycles. The van der Waals surface area contributed by atoms with Gasteiger partial charge in [-0.05, 0) is 64.4 Å². The standard InChI is InChI=1S/C20H31N3/c1-5-23-17(3)18(19-9-8-16(2)15-20(19)23)7-6-10-22-13-11-21(4)12-14-22/h8-9,15H,5-7,10-14H2,1-4H3. The number of fused-ring (bicyclic) bond motifs is 1. The highest BCUT2D eigenvalue weighted by Crippen LogP contribution is 2.28. The van der Waals surface area contributed by atoms with Crippen LogP contribution in [0.5, 0.6) is 0 Å². The van der Waals surface area contributed by atoms with Crippen molar-refractivity contribution in [3.8, 4) is 0 Å². The molecule has 0 unspecified atom stereocenters. The quantitative estimate of drug-likeness (QED) is 0.837. The zero-order valence-corrected chi connectivity index (χ0v) is 15.2. The highest BCUT2D eigenvalue weighted by atomic mass is 15.2. The Morgan fingerprint density at radius 2 is 1.78 bits per heavy atom. The van der Waals surface area contributed by atoms with Crippen molar-refractivity contribution >= 4 is 10.9 Å². The summed E-state index contributed by atoms with van der Waals surface area (Å²) in [6.07, 6.45) is 2.46. The molecule has 1 aliphatic rings. The van der Waals surface area contributed by atoms with Crippen LogP contribution in [0.3, 0.4) is 0 Å². The van der Waals surface area contributed by atoms with Crippen molar-refractivity contribution in [3.05, 3.63) is 35.0 Å². The molecule has 2 heterocycles. The third kappa shape index (κ3) is 3.46. The molecule has 0 amide bonds. The third-order valence-corrected chi connectivity index (χ3v) is 5.42. The molecule has 0 bridgehead atoms. The van der Waals surface area contributed by atoms with Crippen molar-refractivity contribution in [2.24, 2.45) is 0 Å². The number of aromatic nitrogens is 1. The molecular weight excluding hydrogens is 282 g/mol. The van der Waals surface area contributed by atoms with Crippen LogP contribution in [0.25, 0.3) is 10.9 Å². The van der Waals surface area contributed by atoms with Gasteiger partial charge in [-0.1, -0.05) is 12.1 Å². The summed E-state index contributed by atoms with van der Waals surface area (Å²) in [6, 6.07) is 6.93. The van der Waals surface area contributed by atoms with E-state index in [0.29, 0.717) is 0 Å². The van der Waals surface area contributed by atoms with Gasteiger partial charge in [-0.15, -0.1) is 0 Å². The minimum absolute atomic E-state index is 1.06. The van der Waals surface area contributed by atoms with E-state index >= 15 is 0 Å². The molecule has 3 heteroatoms. The van der Waals surface area contributed by atoms with E-state index in [1.807, 2.05) is 0 Å². The van der Waals surface area contributed by atoms with Crippen LogP contribution in [0, 0.1) is 13.8 Å². The maximum Gasteiger partial charge on any atom is 0.0487 e. The molecule has 3 nitrogen and oxygen atoms in total. The molecule has 0 radical (unpaired) electrons. The van der Waals surface area contributed by atoms with Gasteiger partial charge in [0.2, 0.25) is 0 Å². The summed E-state index contributed by atoms with van der Waals surface area (Å²) in [5, 5.41) is 1.47. The monoisotopic (exact) mass is 313 g/mol. The summed E-state index contributed by atoms with van der Waals surface area (Å²) >= 11 is 0. The van der Waals surface area contributed by atoms with Crippen LogP contribution in [0.1, 0.15) is 30.2 Å². The lowest BCUT2D eigenvalue weighted by Gasteiger charge is -2.32. The Kier molecular flexibility index (Phi) is 5.08. The van der Waals surface area contributed by atoms with E-state index in [4.69, 9.17) is 0 Å². The average Bonchev–Trinajstić information content (AvgIpc) is 2.80. The number of aryl methyl sites for hydroxylation is 3. The van der Waals surface area contributed by atoms with Gasteiger partial charge in [-0.2, -0.15) is 0 Å². The Bertz CT molecular complexity index is 663. The second kappa shape index (κ2) is 7.06. The summed E-state index contributed by atoms with van der Waals surface area (Å²) in [5.41, 5.74) is 5.80. The zero-order chi connectivity index (χ0) is 16.4. The van der Waals surface area contributed by atoms with Gasteiger partial charge in [-0.25, -0.2) is 0 Å². The number of nitrogens with zero attached hydrogens (tertiary/aromatic N) is 3. The van der Waals surface area contributed by atoms with Crippen LogP contribution >= 0.6 is 0 Å². The van der Waals surface area contributed by atoms with Crippen molar-refractivity contribution in [3.63, 3.8) is 0 Å². The fraction of sp³-hybridized carbons (Fsp3) is 0.600. The molecule has 0 spiro atoms. The first-order valence-electron chi connectivity index (χ1n) is 9.09. The van der Waals surface area contributed by atoms with Crippen molar-refractivity contribution < 1.29 is 0 Å². The first-order valence-corrected chi connectivity index (χ1v) is 9.09. The van der Waals surface area contributed by atoms with E-state index in [1.165, 1.54) is 67.7 Å². The SMILES string of the molecule is CCn1c(C)c(CCCN2CCN(C)CC2)c2ccc(C)cc21. The molecule has 23 heavy (non-hydrogen) atoms. The molecular formula is C20H31N3. The van der Waals surface area contributed by atoms with Crippen LogP contribution in [0.4, 0.5) is 0 Å². The van der Waals surface area contributed by atoms with E-state index in [0.717, 1.165) is 6.54 Å². The first kappa shape index (κ1) is 16.5. The van der Waals surface area contributed by atoms with Crippen LogP contribution < -0.4 is 0 Å². The lowest BCUT2D eigenvalue weighted by atomic mass is 10.0. The van der Waals surface area contributed by atoms with Crippen LogP contribution in [-0.4, -0.2) is 54.1 Å². The van der Waals surface area contributed by atoms with E-state index in [1.54, 1.807) is 5.56 Å². The van der Waals surface area contributed by atoms with Gasteiger partial charge in [0.1, 0.15) is 0 Å². The molecule has 2 aromatic rings. The Hall–Kier alpha value is -1.32. The number of likely N-dealkylation sites (N-methyl/N-ethyl adjacent to an activating group) is 1. The number of benzene rings is 1. The van der Waals surface area contributed by atoms with E-state index < -0.39 is 0 Å². The van der Waals surface area contributed by atoms with Gasteiger partial charge in [0.05, 0.1) is 0 Å². The molecule has 126 valence electrons. The zero-order valence-electron chi connectivity index (χ0n) is 15.2. The first-order chi connectivity index (χ1) is 11.1. The predicted molar refractivity (Wildman–Crippen MR) is 99.3 cm³/mol. The molecule has 1 saturated heterocycles. The average molecular weight is 313 g/mol. The maximum absolute atomic E-state index is 2.62. The second-order valence-electron chi connectivity index (χ2n) is 7.08. The van der Waals surface area contributed by atoms with E-state index in [9.17, 15) is 0 Å². The topological polar surface area (TPSA) is 11.4 Å². The molecule has 1 aliphatic heterocycles. The van der Waals surface area contributed by atoms with Crippen molar-refractivity contribution in [1.29, 1.82) is 0 Å². The van der Waals surface area contributed by atoms with E-state index in [-0.39, 0.29) is 0 Å².